The van der Waals surface area contributed by atoms with Crippen molar-refractivity contribution >= 4 is 23.0 Å². The van der Waals surface area contributed by atoms with Gasteiger partial charge in [0.05, 0.1) is 10.6 Å². The van der Waals surface area contributed by atoms with Gasteiger partial charge in [-0.25, -0.2) is 9.78 Å². The van der Waals surface area contributed by atoms with Crippen molar-refractivity contribution in [1.82, 2.24) is 4.98 Å². The van der Waals surface area contributed by atoms with Crippen LogP contribution in [-0.4, -0.2) is 21.0 Å². The van der Waals surface area contributed by atoms with Gasteiger partial charge in [0.15, 0.2) is 0 Å². The summed E-state index contributed by atoms with van der Waals surface area (Å²) in [4.78, 5) is 25.0. The van der Waals surface area contributed by atoms with Crippen LogP contribution in [0.2, 0.25) is 0 Å². The van der Waals surface area contributed by atoms with Crippen LogP contribution in [0.15, 0.2) is 23.6 Å². The zero-order valence-electron chi connectivity index (χ0n) is 9.69. The lowest BCUT2D eigenvalue weighted by Crippen LogP contribution is -2.02. The minimum Gasteiger partial charge on any atom is -0.477 e. The molecule has 0 bridgehead atoms. The molecule has 1 heterocycles. The van der Waals surface area contributed by atoms with Crippen molar-refractivity contribution in [1.29, 1.82) is 0 Å². The Kier molecular flexibility index (Phi) is 3.43. The number of carboxylic acid groups (broad SMARTS) is 1. The first-order chi connectivity index (χ1) is 8.97. The summed E-state index contributed by atoms with van der Waals surface area (Å²) < 4.78 is 5.35. The number of hydrogen-bond donors (Lipinski definition) is 1. The molecule has 1 aromatic carbocycles. The van der Waals surface area contributed by atoms with E-state index in [4.69, 9.17) is 9.84 Å². The van der Waals surface area contributed by atoms with Crippen LogP contribution in [0.25, 0.3) is 0 Å². The quantitative estimate of drug-likeness (QED) is 0.682. The van der Waals surface area contributed by atoms with Crippen LogP contribution >= 0.6 is 11.3 Å². The van der Waals surface area contributed by atoms with Crippen LogP contribution in [0.3, 0.4) is 0 Å². The van der Waals surface area contributed by atoms with Gasteiger partial charge in [0.25, 0.3) is 10.9 Å². The molecule has 0 radical (unpaired) electrons. The maximum atomic E-state index is 11.0. The lowest BCUT2D eigenvalue weighted by Gasteiger charge is -2.03. The van der Waals surface area contributed by atoms with Crippen molar-refractivity contribution in [2.45, 2.75) is 6.92 Å². The smallest absolute Gasteiger partial charge is 0.342 e. The van der Waals surface area contributed by atoms with Gasteiger partial charge in [0, 0.05) is 17.5 Å². The first-order valence-corrected chi connectivity index (χ1v) is 5.97. The highest BCUT2D eigenvalue weighted by Gasteiger charge is 2.20. The summed E-state index contributed by atoms with van der Waals surface area (Å²) in [5, 5.41) is 21.8. The van der Waals surface area contributed by atoms with Crippen molar-refractivity contribution < 1.29 is 19.6 Å². The third kappa shape index (κ3) is 2.86. The van der Waals surface area contributed by atoms with Gasteiger partial charge >= 0.3 is 5.97 Å². The summed E-state index contributed by atoms with van der Waals surface area (Å²) in [6, 6.07) is 3.54. The van der Waals surface area contributed by atoms with E-state index >= 15 is 0 Å². The Bertz CT molecular complexity index is 652. The zero-order chi connectivity index (χ0) is 14.0. The maximum Gasteiger partial charge on any atom is 0.342 e. The highest BCUT2D eigenvalue weighted by molar-refractivity contribution is 7.11. The molecule has 0 fully saturated rings. The molecular weight excluding hydrogens is 272 g/mol. The monoisotopic (exact) mass is 280 g/mol. The number of ether oxygens (including phenoxy) is 1. The lowest BCUT2D eigenvalue weighted by molar-refractivity contribution is -0.385. The summed E-state index contributed by atoms with van der Waals surface area (Å²) in [7, 11) is 0. The molecule has 0 unspecified atom stereocenters. The summed E-state index contributed by atoms with van der Waals surface area (Å²) >= 11 is 1.25. The number of rotatable bonds is 4. The molecule has 0 amide bonds. The van der Waals surface area contributed by atoms with E-state index in [0.717, 1.165) is 17.8 Å². The number of benzene rings is 1. The number of hydrogen-bond acceptors (Lipinski definition) is 6. The predicted molar refractivity (Wildman–Crippen MR) is 67.0 cm³/mol. The maximum absolute atomic E-state index is 11.0. The van der Waals surface area contributed by atoms with E-state index in [1.165, 1.54) is 17.4 Å². The Labute approximate surface area is 111 Å². The second kappa shape index (κ2) is 5.02. The van der Waals surface area contributed by atoms with E-state index < -0.39 is 22.1 Å². The van der Waals surface area contributed by atoms with E-state index in [0.29, 0.717) is 5.19 Å². The minimum absolute atomic E-state index is 0.192. The average Bonchev–Trinajstić information content (AvgIpc) is 2.74. The molecule has 0 aliphatic heterocycles. The number of carboxylic acids is 1. The standard InChI is InChI=1S/C11H8N2O5S/c1-6-5-19-11(12-6)18-7-2-3-9(13(16)17)8(4-7)10(14)15/h2-5H,1H3,(H,14,15). The van der Waals surface area contributed by atoms with Gasteiger partial charge in [-0.05, 0) is 13.0 Å². The van der Waals surface area contributed by atoms with Crippen molar-refractivity contribution in [3.8, 4) is 10.9 Å². The number of nitro benzene ring substituents is 1. The van der Waals surface area contributed by atoms with Crippen LogP contribution in [0.5, 0.6) is 10.9 Å². The molecule has 0 atom stereocenters. The number of aromatic nitrogens is 1. The van der Waals surface area contributed by atoms with Crippen LogP contribution in [0, 0.1) is 17.0 Å². The second-order valence-electron chi connectivity index (χ2n) is 3.60. The Morgan fingerprint density at radius 3 is 2.79 bits per heavy atom. The minimum atomic E-state index is -1.38. The van der Waals surface area contributed by atoms with E-state index in [2.05, 4.69) is 4.98 Å². The third-order valence-corrected chi connectivity index (χ3v) is 3.03. The molecule has 98 valence electrons. The Morgan fingerprint density at radius 1 is 1.53 bits per heavy atom. The largest absolute Gasteiger partial charge is 0.477 e. The molecule has 2 rings (SSSR count). The normalized spacial score (nSPS) is 10.2. The molecule has 0 aliphatic carbocycles. The topological polar surface area (TPSA) is 103 Å². The molecule has 2 aromatic rings. The van der Waals surface area contributed by atoms with Crippen LogP contribution < -0.4 is 4.74 Å². The number of aromatic carboxylic acids is 1. The fraction of sp³-hybridized carbons (Fsp3) is 0.0909. The molecule has 0 aliphatic rings. The highest BCUT2D eigenvalue weighted by atomic mass is 32.1. The first-order valence-electron chi connectivity index (χ1n) is 5.09. The van der Waals surface area contributed by atoms with Crippen LogP contribution in [0.4, 0.5) is 5.69 Å². The Balaban J connectivity index is 2.35. The predicted octanol–water partition coefficient (Wildman–Crippen LogP) is 2.85. The van der Waals surface area contributed by atoms with E-state index in [-0.39, 0.29) is 5.75 Å². The van der Waals surface area contributed by atoms with Gasteiger partial charge < -0.3 is 9.84 Å². The molecule has 1 aromatic heterocycles. The van der Waals surface area contributed by atoms with Gasteiger partial charge in [-0.2, -0.15) is 0 Å². The summed E-state index contributed by atoms with van der Waals surface area (Å²) in [5.41, 5.74) is -0.119. The SMILES string of the molecule is Cc1csc(Oc2ccc([N+](=O)[O-])c(C(=O)O)c2)n1. The number of aryl methyl sites for hydroxylation is 1. The molecule has 0 saturated carbocycles. The fourth-order valence-electron chi connectivity index (χ4n) is 1.39. The Morgan fingerprint density at radius 2 is 2.26 bits per heavy atom. The van der Waals surface area contributed by atoms with Gasteiger partial charge in [0.1, 0.15) is 11.3 Å². The zero-order valence-corrected chi connectivity index (χ0v) is 10.5. The average molecular weight is 280 g/mol. The van der Waals surface area contributed by atoms with E-state index in [9.17, 15) is 14.9 Å². The number of thiazole rings is 1. The molecule has 0 saturated heterocycles. The van der Waals surface area contributed by atoms with Crippen molar-refractivity contribution in [2.75, 3.05) is 0 Å². The summed E-state index contributed by atoms with van der Waals surface area (Å²) in [6.45, 7) is 1.79. The van der Waals surface area contributed by atoms with Crippen LogP contribution in [-0.2, 0) is 0 Å². The van der Waals surface area contributed by atoms with Gasteiger partial charge in [0.2, 0.25) is 0 Å². The molecule has 1 N–H and O–H groups in total. The highest BCUT2D eigenvalue weighted by Crippen LogP contribution is 2.29. The van der Waals surface area contributed by atoms with Gasteiger partial charge in [-0.15, -0.1) is 0 Å². The third-order valence-electron chi connectivity index (χ3n) is 2.20. The van der Waals surface area contributed by atoms with Crippen molar-refractivity contribution in [3.05, 3.63) is 45.0 Å². The fourth-order valence-corrected chi connectivity index (χ4v) is 2.05. The first kappa shape index (κ1) is 13.0. The summed E-state index contributed by atoms with van der Waals surface area (Å²) in [6.07, 6.45) is 0. The molecule has 8 heteroatoms. The lowest BCUT2D eigenvalue weighted by atomic mass is 10.2. The van der Waals surface area contributed by atoms with E-state index in [1.807, 2.05) is 0 Å². The Hall–Kier alpha value is -2.48. The molecule has 7 nitrogen and oxygen atoms in total. The molecule has 19 heavy (non-hydrogen) atoms. The summed E-state index contributed by atoms with van der Waals surface area (Å²) in [5.74, 6) is -1.19. The van der Waals surface area contributed by atoms with Crippen molar-refractivity contribution in [2.24, 2.45) is 0 Å². The number of nitrogens with zero attached hydrogens (tertiary/aromatic N) is 2. The second-order valence-corrected chi connectivity index (χ2v) is 4.42. The van der Waals surface area contributed by atoms with Gasteiger partial charge in [-0.3, -0.25) is 10.1 Å². The molecule has 0 spiro atoms. The van der Waals surface area contributed by atoms with E-state index in [1.54, 1.807) is 12.3 Å². The number of carbonyl (C=O) groups is 1. The van der Waals surface area contributed by atoms with Gasteiger partial charge in [-0.1, -0.05) is 11.3 Å². The van der Waals surface area contributed by atoms with Crippen LogP contribution in [0.1, 0.15) is 16.1 Å². The number of nitro groups is 1. The molecular formula is C11H8N2O5S. The van der Waals surface area contributed by atoms with Crippen molar-refractivity contribution in [3.63, 3.8) is 0 Å².